The third kappa shape index (κ3) is 4.62. The Hall–Kier alpha value is -3.18. The van der Waals surface area contributed by atoms with Crippen LogP contribution in [-0.4, -0.2) is 72.4 Å². The van der Waals surface area contributed by atoms with Crippen LogP contribution >= 0.6 is 11.3 Å². The van der Waals surface area contributed by atoms with Crippen LogP contribution in [0.15, 0.2) is 23.6 Å². The lowest BCUT2D eigenvalue weighted by Gasteiger charge is -2.15. The van der Waals surface area contributed by atoms with Crippen molar-refractivity contribution in [3.8, 4) is 0 Å². The molecule has 1 aromatic carbocycles. The molecule has 2 saturated heterocycles. The maximum atomic E-state index is 12.7. The van der Waals surface area contributed by atoms with Gasteiger partial charge in [-0.1, -0.05) is 6.07 Å². The third-order valence-corrected chi connectivity index (χ3v) is 6.16. The summed E-state index contributed by atoms with van der Waals surface area (Å²) in [4.78, 5) is 44.0. The van der Waals surface area contributed by atoms with Crippen LogP contribution in [0.3, 0.4) is 0 Å². The van der Waals surface area contributed by atoms with E-state index in [1.54, 1.807) is 18.6 Å². The van der Waals surface area contributed by atoms with Gasteiger partial charge in [0, 0.05) is 32.1 Å². The van der Waals surface area contributed by atoms with Gasteiger partial charge in [-0.25, -0.2) is 14.6 Å². The molecule has 10 nitrogen and oxygen atoms in total. The molecule has 2 fully saturated rings. The first kappa shape index (κ1) is 21.1. The van der Waals surface area contributed by atoms with Gasteiger partial charge in [-0.3, -0.25) is 4.79 Å². The van der Waals surface area contributed by atoms with E-state index in [9.17, 15) is 19.5 Å². The van der Waals surface area contributed by atoms with Gasteiger partial charge in [0.15, 0.2) is 5.13 Å². The van der Waals surface area contributed by atoms with E-state index in [0.717, 1.165) is 24.6 Å². The fourth-order valence-corrected chi connectivity index (χ4v) is 4.40. The topological polar surface area (TPSA) is 121 Å². The number of aromatic nitrogens is 1. The molecule has 0 unspecified atom stereocenters. The minimum Gasteiger partial charge on any atom is -0.478 e. The molecule has 0 aliphatic carbocycles. The number of carboxylic acid groups (broad SMARTS) is 1. The summed E-state index contributed by atoms with van der Waals surface area (Å²) >= 11 is 1.36. The van der Waals surface area contributed by atoms with Crippen molar-refractivity contribution in [2.45, 2.75) is 19.1 Å². The normalized spacial score (nSPS) is 18.4. The Morgan fingerprint density at radius 3 is 2.90 bits per heavy atom. The second kappa shape index (κ2) is 8.90. The van der Waals surface area contributed by atoms with Gasteiger partial charge in [-0.2, -0.15) is 0 Å². The molecule has 1 atom stereocenters. The van der Waals surface area contributed by atoms with Crippen LogP contribution in [0.2, 0.25) is 0 Å². The molecular formula is C20H22N4O6S. The van der Waals surface area contributed by atoms with Crippen LogP contribution in [0, 0.1) is 0 Å². The van der Waals surface area contributed by atoms with E-state index in [1.165, 1.54) is 28.4 Å². The number of carbonyl (C=O) groups excluding carboxylic acids is 2. The molecule has 0 spiro atoms. The average Bonchev–Trinajstić information content (AvgIpc) is 3.50. The number of hydrogen-bond donors (Lipinski definition) is 2. The zero-order valence-electron chi connectivity index (χ0n) is 16.9. The van der Waals surface area contributed by atoms with Gasteiger partial charge in [-0.05, 0) is 24.1 Å². The maximum absolute atomic E-state index is 12.7. The lowest BCUT2D eigenvalue weighted by Crippen LogP contribution is -2.24. The highest BCUT2D eigenvalue weighted by Gasteiger charge is 2.26. The van der Waals surface area contributed by atoms with E-state index in [1.807, 2.05) is 0 Å². The second-order valence-electron chi connectivity index (χ2n) is 7.28. The minimum absolute atomic E-state index is 0.0589. The van der Waals surface area contributed by atoms with Crippen molar-refractivity contribution in [2.75, 3.05) is 43.6 Å². The molecular weight excluding hydrogens is 424 g/mol. The number of carboxylic acids is 1. The number of amides is 2. The summed E-state index contributed by atoms with van der Waals surface area (Å²) in [6, 6.07) is 4.65. The van der Waals surface area contributed by atoms with Gasteiger partial charge >= 0.3 is 12.1 Å². The number of hydrogen-bond acceptors (Lipinski definition) is 8. The van der Waals surface area contributed by atoms with E-state index in [4.69, 9.17) is 9.47 Å². The smallest absolute Gasteiger partial charge is 0.410 e. The first-order valence-electron chi connectivity index (χ1n) is 9.77. The zero-order chi connectivity index (χ0) is 22.0. The fraction of sp³-hybridized carbons (Fsp3) is 0.400. The number of cyclic esters (lactones) is 1. The average molecular weight is 446 g/mol. The summed E-state index contributed by atoms with van der Waals surface area (Å²) in [5, 5.41) is 14.6. The first-order valence-corrected chi connectivity index (χ1v) is 10.6. The number of nitrogens with zero attached hydrogens (tertiary/aromatic N) is 3. The standard InChI is InChI=1S/C20H22N4O6S/c1-29-13-4-5-23(10-13)19-22-16(11-31-19)17(25)21-15-3-2-12(8-14(15)18(26)27)9-24-6-7-30-20(24)28/h2-3,8,11,13H,4-7,9-10H2,1H3,(H,21,25)(H,26,27)/t13-/m0/s1. The summed E-state index contributed by atoms with van der Waals surface area (Å²) in [6.07, 6.45) is 0.629. The Morgan fingerprint density at radius 1 is 1.39 bits per heavy atom. The number of rotatable bonds is 7. The van der Waals surface area contributed by atoms with Crippen molar-refractivity contribution in [2.24, 2.45) is 0 Å². The van der Waals surface area contributed by atoms with Crippen molar-refractivity contribution in [1.82, 2.24) is 9.88 Å². The summed E-state index contributed by atoms with van der Waals surface area (Å²) < 4.78 is 10.2. The lowest BCUT2D eigenvalue weighted by molar-refractivity contribution is 0.0698. The number of carbonyl (C=O) groups is 3. The molecule has 0 saturated carbocycles. The molecule has 31 heavy (non-hydrogen) atoms. The molecule has 0 radical (unpaired) electrons. The molecule has 2 N–H and O–H groups in total. The minimum atomic E-state index is -1.18. The van der Waals surface area contributed by atoms with Gasteiger partial charge in [0.1, 0.15) is 12.3 Å². The van der Waals surface area contributed by atoms with Crippen molar-refractivity contribution >= 4 is 40.1 Å². The van der Waals surface area contributed by atoms with Crippen molar-refractivity contribution in [3.05, 3.63) is 40.4 Å². The van der Waals surface area contributed by atoms with Crippen molar-refractivity contribution in [1.29, 1.82) is 0 Å². The maximum Gasteiger partial charge on any atom is 0.410 e. The molecule has 2 aliphatic rings. The van der Waals surface area contributed by atoms with Crippen LogP contribution in [-0.2, 0) is 16.0 Å². The van der Waals surface area contributed by atoms with Crippen LogP contribution in [0.4, 0.5) is 15.6 Å². The van der Waals surface area contributed by atoms with E-state index >= 15 is 0 Å². The number of ether oxygens (including phenoxy) is 2. The predicted molar refractivity (Wildman–Crippen MR) is 113 cm³/mol. The van der Waals surface area contributed by atoms with E-state index < -0.39 is 18.0 Å². The molecule has 164 valence electrons. The van der Waals surface area contributed by atoms with Gasteiger partial charge < -0.3 is 29.7 Å². The fourth-order valence-electron chi connectivity index (χ4n) is 3.56. The summed E-state index contributed by atoms with van der Waals surface area (Å²) in [5.41, 5.74) is 0.963. The Labute approximate surface area is 182 Å². The Balaban J connectivity index is 1.46. The first-order chi connectivity index (χ1) is 14.9. The molecule has 3 heterocycles. The Bertz CT molecular complexity index is 1010. The number of methoxy groups -OCH3 is 1. The number of nitrogens with one attached hydrogen (secondary N) is 1. The molecule has 2 amide bonds. The Kier molecular flexibility index (Phi) is 6.05. The quantitative estimate of drug-likeness (QED) is 0.664. The zero-order valence-corrected chi connectivity index (χ0v) is 17.7. The monoisotopic (exact) mass is 446 g/mol. The number of thiazole rings is 1. The number of benzene rings is 1. The van der Waals surface area contributed by atoms with Crippen LogP contribution < -0.4 is 10.2 Å². The molecule has 0 bridgehead atoms. The Morgan fingerprint density at radius 2 is 2.23 bits per heavy atom. The predicted octanol–water partition coefficient (Wildman–Crippen LogP) is 2.27. The summed E-state index contributed by atoms with van der Waals surface area (Å²) in [6.45, 7) is 2.54. The largest absolute Gasteiger partial charge is 0.478 e. The second-order valence-corrected chi connectivity index (χ2v) is 8.12. The van der Waals surface area contributed by atoms with Crippen molar-refractivity contribution in [3.63, 3.8) is 0 Å². The number of aromatic carboxylic acids is 1. The summed E-state index contributed by atoms with van der Waals surface area (Å²) in [7, 11) is 1.68. The molecule has 2 aliphatic heterocycles. The van der Waals surface area contributed by atoms with E-state index in [2.05, 4.69) is 15.2 Å². The molecule has 11 heteroatoms. The van der Waals surface area contributed by atoms with Gasteiger partial charge in [0.25, 0.3) is 5.91 Å². The lowest BCUT2D eigenvalue weighted by atomic mass is 10.1. The third-order valence-electron chi connectivity index (χ3n) is 5.25. The highest BCUT2D eigenvalue weighted by Crippen LogP contribution is 2.26. The highest BCUT2D eigenvalue weighted by molar-refractivity contribution is 7.14. The van der Waals surface area contributed by atoms with Gasteiger partial charge in [0.2, 0.25) is 0 Å². The SMILES string of the molecule is CO[C@H]1CCN(c2nc(C(=O)Nc3ccc(CN4CCOC4=O)cc3C(=O)O)cs2)C1. The summed E-state index contributed by atoms with van der Waals surface area (Å²) in [5.74, 6) is -1.66. The van der Waals surface area contributed by atoms with Crippen LogP contribution in [0.1, 0.15) is 32.8 Å². The molecule has 2 aromatic rings. The highest BCUT2D eigenvalue weighted by atomic mass is 32.1. The van der Waals surface area contributed by atoms with E-state index in [0.29, 0.717) is 18.7 Å². The van der Waals surface area contributed by atoms with Crippen LogP contribution in [0.25, 0.3) is 0 Å². The van der Waals surface area contributed by atoms with Crippen LogP contribution in [0.5, 0.6) is 0 Å². The van der Waals surface area contributed by atoms with Crippen molar-refractivity contribution < 1.29 is 29.0 Å². The molecule has 4 rings (SSSR count). The number of anilines is 2. The van der Waals surface area contributed by atoms with E-state index in [-0.39, 0.29) is 29.6 Å². The molecule has 1 aromatic heterocycles. The van der Waals surface area contributed by atoms with Gasteiger partial charge in [-0.15, -0.1) is 11.3 Å². The van der Waals surface area contributed by atoms with Gasteiger partial charge in [0.05, 0.1) is 23.9 Å².